The maximum atomic E-state index is 12.5. The second-order valence-electron chi connectivity index (χ2n) is 6.90. The Kier molecular flexibility index (Phi) is 6.49. The van der Waals surface area contributed by atoms with Crippen molar-refractivity contribution in [2.45, 2.75) is 32.2 Å². The molecule has 3 aromatic rings. The maximum absolute atomic E-state index is 12.5. The number of rotatable bonds is 7. The van der Waals surface area contributed by atoms with Crippen LogP contribution in [0.4, 0.5) is 5.69 Å². The smallest absolute Gasteiger partial charge is 0.240 e. The molecule has 0 radical (unpaired) electrons. The quantitative estimate of drug-likeness (QED) is 0.598. The number of carbonyl (C=O) groups excluding carboxylic acids is 1. The number of sulfonamides is 1. The lowest BCUT2D eigenvalue weighted by Gasteiger charge is -2.07. The van der Waals surface area contributed by atoms with E-state index < -0.39 is 10.0 Å². The van der Waals surface area contributed by atoms with Crippen molar-refractivity contribution in [3.63, 3.8) is 0 Å². The van der Waals surface area contributed by atoms with Gasteiger partial charge in [0.1, 0.15) is 11.4 Å². The minimum atomic E-state index is -3.62. The van der Waals surface area contributed by atoms with Crippen LogP contribution in [0.25, 0.3) is 12.2 Å². The molecule has 0 atom stereocenters. The van der Waals surface area contributed by atoms with Crippen LogP contribution in [0.15, 0.2) is 57.9 Å². The number of nitrogens with zero attached hydrogens (tertiary/aromatic N) is 1. The van der Waals surface area contributed by atoms with Crippen LogP contribution in [-0.4, -0.2) is 19.5 Å². The molecule has 0 aliphatic heterocycles. The van der Waals surface area contributed by atoms with Gasteiger partial charge >= 0.3 is 0 Å². The second-order valence-corrected chi connectivity index (χ2v) is 8.67. The zero-order valence-corrected chi connectivity index (χ0v) is 17.8. The van der Waals surface area contributed by atoms with Crippen molar-refractivity contribution >= 4 is 33.8 Å². The summed E-state index contributed by atoms with van der Waals surface area (Å²) in [5, 5.41) is 6.53. The van der Waals surface area contributed by atoms with E-state index in [0.29, 0.717) is 17.1 Å². The Morgan fingerprint density at radius 2 is 1.70 bits per heavy atom. The highest BCUT2D eigenvalue weighted by Gasteiger charge is 2.14. The third-order valence-electron chi connectivity index (χ3n) is 4.39. The van der Waals surface area contributed by atoms with E-state index in [-0.39, 0.29) is 17.3 Å². The Balaban J connectivity index is 1.69. The molecule has 0 aliphatic rings. The first-order valence-electron chi connectivity index (χ1n) is 9.32. The van der Waals surface area contributed by atoms with Crippen LogP contribution < -0.4 is 10.0 Å². The summed E-state index contributed by atoms with van der Waals surface area (Å²) in [7, 11) is -3.62. The molecule has 0 unspecified atom stereocenters. The van der Waals surface area contributed by atoms with Crippen molar-refractivity contribution in [1.82, 2.24) is 9.88 Å². The van der Waals surface area contributed by atoms with Crippen LogP contribution in [0, 0.1) is 13.8 Å². The Morgan fingerprint density at radius 1 is 1.03 bits per heavy atom. The molecule has 0 spiro atoms. The standard InChI is InChI=1S/C22H23N3O4S/c1-15-4-6-19(7-5-15)14-23-30(27,28)20-11-8-18(9-12-20)10-13-21-22(24-17(3)26)16(2)25-29-21/h4-13,23H,14H2,1-3H3,(H,24,26)/b13-10-. The number of benzene rings is 2. The molecule has 156 valence electrons. The van der Waals surface area contributed by atoms with Crippen LogP contribution in [0.1, 0.15) is 35.1 Å². The number of anilines is 1. The van der Waals surface area contributed by atoms with Gasteiger partial charge < -0.3 is 9.84 Å². The van der Waals surface area contributed by atoms with Gasteiger partial charge in [0, 0.05) is 13.5 Å². The maximum Gasteiger partial charge on any atom is 0.240 e. The van der Waals surface area contributed by atoms with E-state index in [4.69, 9.17) is 4.52 Å². The molecule has 30 heavy (non-hydrogen) atoms. The van der Waals surface area contributed by atoms with E-state index in [1.54, 1.807) is 31.2 Å². The number of hydrogen-bond donors (Lipinski definition) is 2. The van der Waals surface area contributed by atoms with E-state index in [9.17, 15) is 13.2 Å². The van der Waals surface area contributed by atoms with Crippen LogP contribution >= 0.6 is 0 Å². The third kappa shape index (κ3) is 5.43. The number of hydrogen-bond acceptors (Lipinski definition) is 5. The summed E-state index contributed by atoms with van der Waals surface area (Å²) >= 11 is 0. The van der Waals surface area contributed by atoms with Gasteiger partial charge in [-0.15, -0.1) is 0 Å². The summed E-state index contributed by atoms with van der Waals surface area (Å²) in [5.41, 5.74) is 3.87. The molecule has 1 heterocycles. The predicted octanol–water partition coefficient (Wildman–Crippen LogP) is 3.90. The van der Waals surface area contributed by atoms with Crippen LogP contribution in [0.5, 0.6) is 0 Å². The van der Waals surface area contributed by atoms with Gasteiger partial charge in [-0.2, -0.15) is 0 Å². The first kappa shape index (κ1) is 21.5. The lowest BCUT2D eigenvalue weighted by molar-refractivity contribution is -0.114. The zero-order chi connectivity index (χ0) is 21.7. The monoisotopic (exact) mass is 425 g/mol. The van der Waals surface area contributed by atoms with Crippen molar-refractivity contribution in [3.8, 4) is 0 Å². The van der Waals surface area contributed by atoms with Gasteiger partial charge in [-0.1, -0.05) is 53.2 Å². The number of carbonyl (C=O) groups is 1. The van der Waals surface area contributed by atoms with Gasteiger partial charge in [-0.05, 0) is 43.2 Å². The van der Waals surface area contributed by atoms with Gasteiger partial charge in [0.15, 0.2) is 5.76 Å². The summed E-state index contributed by atoms with van der Waals surface area (Å²) in [6.45, 7) is 5.34. The Labute approximate surface area is 175 Å². The van der Waals surface area contributed by atoms with Crippen molar-refractivity contribution in [2.24, 2.45) is 0 Å². The Morgan fingerprint density at radius 3 is 2.33 bits per heavy atom. The molecule has 0 saturated heterocycles. The summed E-state index contributed by atoms with van der Waals surface area (Å²) in [6.07, 6.45) is 3.42. The first-order valence-corrected chi connectivity index (χ1v) is 10.8. The van der Waals surface area contributed by atoms with Crippen LogP contribution in [0.2, 0.25) is 0 Å². The second kappa shape index (κ2) is 9.06. The average molecular weight is 426 g/mol. The molecule has 7 nitrogen and oxygen atoms in total. The predicted molar refractivity (Wildman–Crippen MR) is 116 cm³/mol. The minimum absolute atomic E-state index is 0.182. The lowest BCUT2D eigenvalue weighted by atomic mass is 10.2. The third-order valence-corrected chi connectivity index (χ3v) is 5.81. The number of aromatic nitrogens is 1. The van der Waals surface area contributed by atoms with Gasteiger partial charge in [0.2, 0.25) is 15.9 Å². The summed E-state index contributed by atoms with van der Waals surface area (Å²) in [4.78, 5) is 11.5. The SMILES string of the molecule is CC(=O)Nc1c(C)noc1/C=C\c1ccc(S(=O)(=O)NCc2ccc(C)cc2)cc1. The zero-order valence-electron chi connectivity index (χ0n) is 17.0. The van der Waals surface area contributed by atoms with Crippen molar-refractivity contribution in [2.75, 3.05) is 5.32 Å². The van der Waals surface area contributed by atoms with Crippen molar-refractivity contribution < 1.29 is 17.7 Å². The summed E-state index contributed by atoms with van der Waals surface area (Å²) in [6, 6.07) is 14.1. The lowest BCUT2D eigenvalue weighted by Crippen LogP contribution is -2.23. The van der Waals surface area contributed by atoms with E-state index >= 15 is 0 Å². The molecule has 3 rings (SSSR count). The Bertz CT molecular complexity index is 1160. The fourth-order valence-corrected chi connectivity index (χ4v) is 3.74. The molecule has 8 heteroatoms. The molecule has 1 amide bonds. The molecule has 0 fully saturated rings. The van der Waals surface area contributed by atoms with Gasteiger partial charge in [0.25, 0.3) is 0 Å². The highest BCUT2D eigenvalue weighted by molar-refractivity contribution is 7.89. The van der Waals surface area contributed by atoms with Gasteiger partial charge in [-0.3, -0.25) is 4.79 Å². The van der Waals surface area contributed by atoms with E-state index in [2.05, 4.69) is 15.2 Å². The molecule has 0 saturated carbocycles. The van der Waals surface area contributed by atoms with Crippen LogP contribution in [-0.2, 0) is 21.4 Å². The fourth-order valence-electron chi connectivity index (χ4n) is 2.73. The molecular formula is C22H23N3O4S. The van der Waals surface area contributed by atoms with E-state index in [1.807, 2.05) is 31.2 Å². The van der Waals surface area contributed by atoms with E-state index in [0.717, 1.165) is 16.7 Å². The normalized spacial score (nSPS) is 11.7. The van der Waals surface area contributed by atoms with Crippen molar-refractivity contribution in [1.29, 1.82) is 0 Å². The number of nitrogens with one attached hydrogen (secondary N) is 2. The van der Waals surface area contributed by atoms with Crippen LogP contribution in [0.3, 0.4) is 0 Å². The molecule has 0 bridgehead atoms. The van der Waals surface area contributed by atoms with Gasteiger partial charge in [0.05, 0.1) is 4.90 Å². The van der Waals surface area contributed by atoms with E-state index in [1.165, 1.54) is 19.1 Å². The average Bonchev–Trinajstić information content (AvgIpc) is 3.05. The molecule has 2 N–H and O–H groups in total. The highest BCUT2D eigenvalue weighted by atomic mass is 32.2. The highest BCUT2D eigenvalue weighted by Crippen LogP contribution is 2.22. The topological polar surface area (TPSA) is 101 Å². The fraction of sp³-hybridized carbons (Fsp3) is 0.182. The van der Waals surface area contributed by atoms with Crippen molar-refractivity contribution in [3.05, 3.63) is 76.7 Å². The minimum Gasteiger partial charge on any atom is -0.354 e. The molecule has 1 aromatic heterocycles. The van der Waals surface area contributed by atoms with Gasteiger partial charge in [-0.25, -0.2) is 13.1 Å². The first-order chi connectivity index (χ1) is 14.2. The number of aryl methyl sites for hydroxylation is 2. The molecule has 0 aliphatic carbocycles. The summed E-state index contributed by atoms with van der Waals surface area (Å²) < 4.78 is 32.9. The largest absolute Gasteiger partial charge is 0.354 e. The molecule has 2 aromatic carbocycles. The molecular weight excluding hydrogens is 402 g/mol. The Hall–Kier alpha value is -3.23. The summed E-state index contributed by atoms with van der Waals surface area (Å²) in [5.74, 6) is 0.197. The number of amides is 1.